The van der Waals surface area contributed by atoms with E-state index in [1.165, 1.54) is 0 Å². The first kappa shape index (κ1) is 12.3. The van der Waals surface area contributed by atoms with Crippen LogP contribution in [-0.4, -0.2) is 19.5 Å². The van der Waals surface area contributed by atoms with Crippen molar-refractivity contribution in [3.8, 4) is 11.8 Å². The fraction of sp³-hybridized carbons (Fsp3) is 0.308. The fourth-order valence-corrected chi connectivity index (χ4v) is 1.22. The summed E-state index contributed by atoms with van der Waals surface area (Å²) >= 11 is 0. The van der Waals surface area contributed by atoms with Crippen LogP contribution in [0.15, 0.2) is 24.3 Å². The number of carbonyl (C=O) groups is 1. The molecular formula is C13H16N2O. The van der Waals surface area contributed by atoms with Crippen molar-refractivity contribution in [3.05, 3.63) is 35.4 Å². The highest BCUT2D eigenvalue weighted by molar-refractivity contribution is 5.78. The number of carbonyl (C=O) groups excluding carboxylic acids is 1. The van der Waals surface area contributed by atoms with E-state index in [1.807, 2.05) is 24.3 Å². The molecule has 1 amide bonds. The Morgan fingerprint density at radius 1 is 1.38 bits per heavy atom. The van der Waals surface area contributed by atoms with Crippen LogP contribution in [0.25, 0.3) is 0 Å². The molecule has 1 aromatic rings. The molecule has 0 heterocycles. The van der Waals surface area contributed by atoms with Crippen LogP contribution in [0.5, 0.6) is 0 Å². The quantitative estimate of drug-likeness (QED) is 0.730. The normalized spacial score (nSPS) is 9.12. The van der Waals surface area contributed by atoms with E-state index in [0.29, 0.717) is 19.4 Å². The minimum absolute atomic E-state index is 0.0157. The molecule has 0 aromatic heterocycles. The van der Waals surface area contributed by atoms with E-state index < -0.39 is 0 Å². The van der Waals surface area contributed by atoms with Crippen LogP contribution in [0.1, 0.15) is 17.5 Å². The predicted octanol–water partition coefficient (Wildman–Crippen LogP) is 0.675. The summed E-state index contributed by atoms with van der Waals surface area (Å²) in [5.41, 5.74) is 7.28. The Labute approximate surface area is 96.0 Å². The first-order valence-corrected chi connectivity index (χ1v) is 5.24. The third kappa shape index (κ3) is 4.16. The van der Waals surface area contributed by atoms with E-state index in [2.05, 4.69) is 17.2 Å². The molecule has 16 heavy (non-hydrogen) atoms. The Kier molecular flexibility index (Phi) is 5.10. The van der Waals surface area contributed by atoms with Crippen LogP contribution in [0, 0.1) is 11.8 Å². The molecule has 0 bridgehead atoms. The lowest BCUT2D eigenvalue weighted by Crippen LogP contribution is -2.19. The lowest BCUT2D eigenvalue weighted by Gasteiger charge is -2.00. The molecule has 84 valence electrons. The molecule has 3 heteroatoms. The number of hydrogen-bond acceptors (Lipinski definition) is 2. The predicted molar refractivity (Wildman–Crippen MR) is 64.8 cm³/mol. The molecule has 0 saturated carbocycles. The van der Waals surface area contributed by atoms with Gasteiger partial charge in [0.15, 0.2) is 0 Å². The highest BCUT2D eigenvalue weighted by Crippen LogP contribution is 2.04. The second-order valence-corrected chi connectivity index (χ2v) is 3.39. The zero-order valence-corrected chi connectivity index (χ0v) is 9.42. The van der Waals surface area contributed by atoms with Gasteiger partial charge in [-0.25, -0.2) is 0 Å². The zero-order valence-electron chi connectivity index (χ0n) is 9.42. The van der Waals surface area contributed by atoms with E-state index in [4.69, 9.17) is 5.73 Å². The molecule has 0 saturated heterocycles. The van der Waals surface area contributed by atoms with Crippen LogP contribution in [0.4, 0.5) is 0 Å². The summed E-state index contributed by atoms with van der Waals surface area (Å²) in [6.45, 7) is 0.585. The van der Waals surface area contributed by atoms with E-state index >= 15 is 0 Å². The molecule has 0 unspecified atom stereocenters. The van der Waals surface area contributed by atoms with Gasteiger partial charge in [0.25, 0.3) is 0 Å². The van der Waals surface area contributed by atoms with Gasteiger partial charge in [-0.1, -0.05) is 24.0 Å². The van der Waals surface area contributed by atoms with E-state index in [9.17, 15) is 4.79 Å². The highest BCUT2D eigenvalue weighted by Gasteiger charge is 1.99. The van der Waals surface area contributed by atoms with Crippen LogP contribution in [-0.2, 0) is 11.2 Å². The third-order valence-electron chi connectivity index (χ3n) is 2.10. The Hall–Kier alpha value is -1.79. The maximum atomic E-state index is 11.1. The maximum Gasteiger partial charge on any atom is 0.224 e. The summed E-state index contributed by atoms with van der Waals surface area (Å²) in [5.74, 6) is 5.99. The van der Waals surface area contributed by atoms with E-state index in [0.717, 1.165) is 11.1 Å². The average Bonchev–Trinajstić information content (AvgIpc) is 2.31. The summed E-state index contributed by atoms with van der Waals surface area (Å²) in [6.07, 6.45) is 1.12. The smallest absolute Gasteiger partial charge is 0.224 e. The number of benzene rings is 1. The Balaban J connectivity index is 2.62. The van der Waals surface area contributed by atoms with Crippen molar-refractivity contribution in [2.45, 2.75) is 12.8 Å². The highest BCUT2D eigenvalue weighted by atomic mass is 16.1. The third-order valence-corrected chi connectivity index (χ3v) is 2.10. The number of amides is 1. The summed E-state index contributed by atoms with van der Waals surface area (Å²) < 4.78 is 0. The molecule has 3 N–H and O–H groups in total. The van der Waals surface area contributed by atoms with Gasteiger partial charge in [-0.3, -0.25) is 4.79 Å². The second-order valence-electron chi connectivity index (χ2n) is 3.39. The molecular weight excluding hydrogens is 200 g/mol. The van der Waals surface area contributed by atoms with E-state index in [1.54, 1.807) is 7.05 Å². The molecule has 0 atom stereocenters. The largest absolute Gasteiger partial charge is 0.359 e. The Morgan fingerprint density at radius 2 is 2.06 bits per heavy atom. The topological polar surface area (TPSA) is 55.1 Å². The van der Waals surface area contributed by atoms with Crippen LogP contribution >= 0.6 is 0 Å². The van der Waals surface area contributed by atoms with Gasteiger partial charge in [-0.15, -0.1) is 0 Å². The first-order chi connectivity index (χ1) is 7.76. The summed E-state index contributed by atoms with van der Waals surface area (Å²) in [6, 6.07) is 7.67. The van der Waals surface area contributed by atoms with Crippen LogP contribution < -0.4 is 11.1 Å². The minimum Gasteiger partial charge on any atom is -0.359 e. The molecule has 0 aliphatic heterocycles. The van der Waals surface area contributed by atoms with Gasteiger partial charge >= 0.3 is 0 Å². The Morgan fingerprint density at radius 3 is 2.62 bits per heavy atom. The van der Waals surface area contributed by atoms with Gasteiger partial charge in [-0.2, -0.15) is 0 Å². The monoisotopic (exact) mass is 216 g/mol. The Bertz CT molecular complexity index is 398. The lowest BCUT2D eigenvalue weighted by atomic mass is 10.1. The van der Waals surface area contributed by atoms with Crippen molar-refractivity contribution in [2.24, 2.45) is 5.73 Å². The van der Waals surface area contributed by atoms with Crippen molar-refractivity contribution >= 4 is 5.91 Å². The molecule has 3 nitrogen and oxygen atoms in total. The first-order valence-electron chi connectivity index (χ1n) is 5.24. The molecule has 0 radical (unpaired) electrons. The SMILES string of the molecule is CNC(=O)Cc1ccc(C#CCCN)cc1. The van der Waals surface area contributed by atoms with Gasteiger partial charge < -0.3 is 11.1 Å². The number of nitrogens with one attached hydrogen (secondary N) is 1. The van der Waals surface area contributed by atoms with Crippen molar-refractivity contribution in [2.75, 3.05) is 13.6 Å². The lowest BCUT2D eigenvalue weighted by molar-refractivity contribution is -0.119. The number of hydrogen-bond donors (Lipinski definition) is 2. The maximum absolute atomic E-state index is 11.1. The molecule has 0 spiro atoms. The molecule has 1 rings (SSSR count). The second kappa shape index (κ2) is 6.65. The van der Waals surface area contributed by atoms with Gasteiger partial charge in [0.1, 0.15) is 0 Å². The molecule has 0 aliphatic carbocycles. The molecule has 0 fully saturated rings. The van der Waals surface area contributed by atoms with Gasteiger partial charge in [0.2, 0.25) is 5.91 Å². The summed E-state index contributed by atoms with van der Waals surface area (Å²) in [7, 11) is 1.63. The van der Waals surface area contributed by atoms with Crippen molar-refractivity contribution in [3.63, 3.8) is 0 Å². The summed E-state index contributed by atoms with van der Waals surface area (Å²) in [4.78, 5) is 11.1. The fourth-order valence-electron chi connectivity index (χ4n) is 1.22. The van der Waals surface area contributed by atoms with Crippen molar-refractivity contribution in [1.29, 1.82) is 0 Å². The van der Waals surface area contributed by atoms with Crippen molar-refractivity contribution < 1.29 is 4.79 Å². The zero-order chi connectivity index (χ0) is 11.8. The summed E-state index contributed by atoms with van der Waals surface area (Å²) in [5, 5.41) is 2.59. The van der Waals surface area contributed by atoms with Crippen LogP contribution in [0.2, 0.25) is 0 Å². The van der Waals surface area contributed by atoms with Crippen molar-refractivity contribution in [1.82, 2.24) is 5.32 Å². The minimum atomic E-state index is 0.0157. The van der Waals surface area contributed by atoms with Gasteiger partial charge in [-0.05, 0) is 17.7 Å². The number of rotatable bonds is 3. The molecule has 1 aromatic carbocycles. The van der Waals surface area contributed by atoms with Crippen LogP contribution in [0.3, 0.4) is 0 Å². The van der Waals surface area contributed by atoms with Gasteiger partial charge in [0, 0.05) is 25.6 Å². The van der Waals surface area contributed by atoms with Gasteiger partial charge in [0.05, 0.1) is 6.42 Å². The van der Waals surface area contributed by atoms with E-state index in [-0.39, 0.29) is 5.91 Å². The molecule has 0 aliphatic rings. The number of nitrogens with two attached hydrogens (primary N) is 1. The number of likely N-dealkylation sites (N-methyl/N-ethyl adjacent to an activating group) is 1. The average molecular weight is 216 g/mol. The standard InChI is InChI=1S/C13H16N2O/c1-15-13(16)10-12-7-5-11(6-8-12)4-2-3-9-14/h5-8H,3,9-10,14H2,1H3,(H,15,16).